The van der Waals surface area contributed by atoms with Crippen LogP contribution >= 0.6 is 0 Å². The smallest absolute Gasteiger partial charge is 0.247 e. The van der Waals surface area contributed by atoms with Gasteiger partial charge < -0.3 is 26.2 Å². The Morgan fingerprint density at radius 3 is 2.46 bits per heavy atom. The van der Waals surface area contributed by atoms with Crippen molar-refractivity contribution < 1.29 is 4.79 Å². The summed E-state index contributed by atoms with van der Waals surface area (Å²) in [7, 11) is 2.22. The van der Waals surface area contributed by atoms with E-state index in [-0.39, 0.29) is 11.7 Å². The quantitative estimate of drug-likeness (QED) is 0.296. The van der Waals surface area contributed by atoms with Crippen molar-refractivity contribution in [1.29, 1.82) is 0 Å². The van der Waals surface area contributed by atoms with Crippen molar-refractivity contribution >= 4 is 45.9 Å². The van der Waals surface area contributed by atoms with Crippen LogP contribution in [0.15, 0.2) is 67.5 Å². The minimum Gasteiger partial charge on any atom is -0.382 e. The first-order valence-corrected chi connectivity index (χ1v) is 14.1. The highest BCUT2D eigenvalue weighted by atomic mass is 16.1. The molecule has 2 aliphatic rings. The number of nitrogens with zero attached hydrogens (tertiary/aromatic N) is 7. The highest BCUT2D eigenvalue weighted by Crippen LogP contribution is 2.26. The van der Waals surface area contributed by atoms with E-state index in [4.69, 9.17) is 10.7 Å². The molecule has 11 heteroatoms. The maximum atomic E-state index is 11.7. The second-order valence-corrected chi connectivity index (χ2v) is 10.7. The lowest BCUT2D eigenvalue weighted by Gasteiger charge is -2.42. The van der Waals surface area contributed by atoms with E-state index >= 15 is 0 Å². The molecule has 212 valence electrons. The van der Waals surface area contributed by atoms with Gasteiger partial charge in [0.2, 0.25) is 11.9 Å². The number of anilines is 5. The third-order valence-corrected chi connectivity index (χ3v) is 8.01. The van der Waals surface area contributed by atoms with E-state index in [1.54, 1.807) is 12.4 Å². The lowest BCUT2D eigenvalue weighted by atomic mass is 10.0. The van der Waals surface area contributed by atoms with Gasteiger partial charge in [0, 0.05) is 49.3 Å². The van der Waals surface area contributed by atoms with Gasteiger partial charge in [-0.05, 0) is 81.5 Å². The van der Waals surface area contributed by atoms with E-state index in [0.717, 1.165) is 43.6 Å². The Kier molecular flexibility index (Phi) is 7.53. The first kappa shape index (κ1) is 26.7. The molecular weight excluding hydrogens is 516 g/mol. The van der Waals surface area contributed by atoms with Gasteiger partial charge in [0.15, 0.2) is 17.0 Å². The molecule has 4 N–H and O–H groups in total. The number of benzene rings is 2. The maximum absolute atomic E-state index is 11.7. The lowest BCUT2D eigenvalue weighted by Crippen LogP contribution is -2.52. The second kappa shape index (κ2) is 11.6. The zero-order valence-electron chi connectivity index (χ0n) is 23.3. The van der Waals surface area contributed by atoms with Crippen LogP contribution in [-0.4, -0.2) is 87.6 Å². The van der Waals surface area contributed by atoms with Gasteiger partial charge in [0.25, 0.3) is 0 Å². The predicted octanol–water partition coefficient (Wildman–Crippen LogP) is 3.48. The van der Waals surface area contributed by atoms with Crippen LogP contribution in [0.4, 0.5) is 28.8 Å². The SMILES string of the molecule is C=CC(=O)Nc1cccc(-n2cnc3c(N)nc(Nc4ccc(N5CCN(C6CCN(C)CC6)CC5)cc4)nc32)c1. The number of hydrogen-bond donors (Lipinski definition) is 3. The monoisotopic (exact) mass is 552 g/mol. The summed E-state index contributed by atoms with van der Waals surface area (Å²) in [6, 6.07) is 16.5. The van der Waals surface area contributed by atoms with E-state index < -0.39 is 0 Å². The number of carbonyl (C=O) groups is 1. The average molecular weight is 553 g/mol. The Morgan fingerprint density at radius 1 is 0.976 bits per heavy atom. The third kappa shape index (κ3) is 5.86. The minimum atomic E-state index is -0.281. The molecule has 0 bridgehead atoms. The molecule has 0 saturated carbocycles. The number of fused-ring (bicyclic) bond motifs is 1. The maximum Gasteiger partial charge on any atom is 0.247 e. The molecule has 0 radical (unpaired) electrons. The van der Waals surface area contributed by atoms with Gasteiger partial charge in [-0.25, -0.2) is 4.98 Å². The summed E-state index contributed by atoms with van der Waals surface area (Å²) < 4.78 is 1.82. The Balaban J connectivity index is 1.14. The molecule has 2 aromatic heterocycles. The van der Waals surface area contributed by atoms with E-state index in [0.29, 0.717) is 22.8 Å². The van der Waals surface area contributed by atoms with Gasteiger partial charge in [0.05, 0.1) is 5.69 Å². The largest absolute Gasteiger partial charge is 0.382 e. The molecular formula is C30H36N10O. The molecule has 2 saturated heterocycles. The van der Waals surface area contributed by atoms with Gasteiger partial charge in [-0.15, -0.1) is 0 Å². The number of imidazole rings is 1. The first-order chi connectivity index (χ1) is 20.0. The van der Waals surface area contributed by atoms with Crippen LogP contribution in [0.25, 0.3) is 16.9 Å². The number of nitrogens with one attached hydrogen (secondary N) is 2. The number of rotatable bonds is 7. The average Bonchev–Trinajstić information content (AvgIpc) is 3.43. The summed E-state index contributed by atoms with van der Waals surface area (Å²) in [5.41, 5.74) is 10.8. The standard InChI is InChI=1S/C30H36N10O/c1-3-26(41)33-22-5-4-6-25(19-22)40-20-32-27-28(31)35-30(36-29(27)40)34-21-7-9-23(10-8-21)38-15-17-39(18-16-38)24-11-13-37(2)14-12-24/h3-10,19-20,24H,1,11-18H2,2H3,(H,33,41)(H3,31,34,35,36). The Hall–Kier alpha value is -4.48. The normalized spacial score (nSPS) is 17.0. The van der Waals surface area contributed by atoms with Crippen LogP contribution in [0, 0.1) is 0 Å². The number of piperazine rings is 1. The summed E-state index contributed by atoms with van der Waals surface area (Å²) >= 11 is 0. The van der Waals surface area contributed by atoms with E-state index in [2.05, 4.69) is 61.1 Å². The zero-order chi connectivity index (χ0) is 28.3. The fraction of sp³-hybridized carbons (Fsp3) is 0.333. The minimum absolute atomic E-state index is 0.281. The van der Waals surface area contributed by atoms with E-state index in [1.807, 2.05) is 34.9 Å². The van der Waals surface area contributed by atoms with E-state index in [1.165, 1.54) is 37.7 Å². The summed E-state index contributed by atoms with van der Waals surface area (Å²) in [6.45, 7) is 10.2. The predicted molar refractivity (Wildman–Crippen MR) is 164 cm³/mol. The van der Waals surface area contributed by atoms with Crippen molar-refractivity contribution in [3.05, 3.63) is 67.5 Å². The fourth-order valence-electron chi connectivity index (χ4n) is 5.68. The fourth-order valence-corrected chi connectivity index (χ4v) is 5.68. The summed E-state index contributed by atoms with van der Waals surface area (Å²) in [5.74, 6) is 0.385. The zero-order valence-corrected chi connectivity index (χ0v) is 23.3. The molecule has 2 aromatic carbocycles. The highest BCUT2D eigenvalue weighted by Gasteiger charge is 2.26. The van der Waals surface area contributed by atoms with Crippen LogP contribution in [0.3, 0.4) is 0 Å². The molecule has 0 spiro atoms. The summed E-state index contributed by atoms with van der Waals surface area (Å²) in [4.78, 5) is 32.9. The molecule has 0 aliphatic carbocycles. The summed E-state index contributed by atoms with van der Waals surface area (Å²) in [6.07, 6.45) is 5.43. The van der Waals surface area contributed by atoms with Crippen LogP contribution < -0.4 is 21.3 Å². The first-order valence-electron chi connectivity index (χ1n) is 14.1. The molecule has 2 aliphatic heterocycles. The molecule has 4 aromatic rings. The number of likely N-dealkylation sites (tertiary alicyclic amines) is 1. The van der Waals surface area contributed by atoms with Crippen molar-refractivity contribution in [3.8, 4) is 5.69 Å². The molecule has 0 unspecified atom stereocenters. The van der Waals surface area contributed by atoms with Crippen LogP contribution in [0.1, 0.15) is 12.8 Å². The number of amides is 1. The molecule has 6 rings (SSSR count). The van der Waals surface area contributed by atoms with E-state index in [9.17, 15) is 4.79 Å². The van der Waals surface area contributed by atoms with Crippen molar-refractivity contribution in [2.24, 2.45) is 0 Å². The van der Waals surface area contributed by atoms with Crippen molar-refractivity contribution in [2.75, 3.05) is 67.6 Å². The van der Waals surface area contributed by atoms with Crippen molar-refractivity contribution in [2.45, 2.75) is 18.9 Å². The number of carbonyl (C=O) groups excluding carboxylic acids is 1. The molecule has 0 atom stereocenters. The van der Waals surface area contributed by atoms with Crippen molar-refractivity contribution in [3.63, 3.8) is 0 Å². The second-order valence-electron chi connectivity index (χ2n) is 10.7. The van der Waals surface area contributed by atoms with Gasteiger partial charge in [-0.2, -0.15) is 9.97 Å². The number of nitrogens with two attached hydrogens (primary N) is 1. The molecule has 2 fully saturated rings. The number of aromatic nitrogens is 4. The molecule has 41 heavy (non-hydrogen) atoms. The van der Waals surface area contributed by atoms with Gasteiger partial charge in [-0.1, -0.05) is 12.6 Å². The molecule has 11 nitrogen and oxygen atoms in total. The Bertz CT molecular complexity index is 1530. The Labute approximate surface area is 239 Å². The lowest BCUT2D eigenvalue weighted by molar-refractivity contribution is -0.111. The highest BCUT2D eigenvalue weighted by molar-refractivity contribution is 5.99. The van der Waals surface area contributed by atoms with Crippen molar-refractivity contribution in [1.82, 2.24) is 29.3 Å². The van der Waals surface area contributed by atoms with Gasteiger partial charge in [-0.3, -0.25) is 14.3 Å². The summed E-state index contributed by atoms with van der Waals surface area (Å²) in [5, 5.41) is 6.07. The van der Waals surface area contributed by atoms with Gasteiger partial charge in [0.1, 0.15) is 6.33 Å². The number of hydrogen-bond acceptors (Lipinski definition) is 9. The van der Waals surface area contributed by atoms with Gasteiger partial charge >= 0.3 is 0 Å². The Morgan fingerprint density at radius 2 is 1.73 bits per heavy atom. The van der Waals surface area contributed by atoms with Crippen LogP contribution in [0.5, 0.6) is 0 Å². The topological polar surface area (TPSA) is 120 Å². The third-order valence-electron chi connectivity index (χ3n) is 8.01. The number of piperidine rings is 1. The molecule has 4 heterocycles. The van der Waals surface area contributed by atoms with Crippen LogP contribution in [0.2, 0.25) is 0 Å². The number of nitrogen functional groups attached to an aromatic ring is 1. The van der Waals surface area contributed by atoms with Crippen LogP contribution in [-0.2, 0) is 4.79 Å². The molecule has 1 amide bonds.